The minimum Gasteiger partial charge on any atom is -0.494 e. The maximum atomic E-state index is 11.1. The summed E-state index contributed by atoms with van der Waals surface area (Å²) in [6.07, 6.45) is 43.6. The number of unbranched alkanes of at least 4 members (excludes halogenated alkanes) is 30. The molecule has 0 spiro atoms. The van der Waals surface area contributed by atoms with Gasteiger partial charge in [0.05, 0.1) is 13.2 Å². The Balaban J connectivity index is 1.45. The van der Waals surface area contributed by atoms with Gasteiger partial charge in [-0.05, 0) is 47.5 Å². The van der Waals surface area contributed by atoms with Crippen LogP contribution in [-0.4, -0.2) is 31.4 Å². The summed E-state index contributed by atoms with van der Waals surface area (Å²) in [5.41, 5.74) is 0. The highest BCUT2D eigenvalue weighted by molar-refractivity contribution is 6.90. The van der Waals surface area contributed by atoms with E-state index in [1.807, 2.05) is 24.3 Å². The molecule has 0 heterocycles. The van der Waals surface area contributed by atoms with E-state index in [-0.39, 0.29) is 0 Å². The average Bonchev–Trinajstić information content (AvgIpc) is 3.17. The molecule has 5 heteroatoms. The van der Waals surface area contributed by atoms with Crippen molar-refractivity contribution >= 4 is 18.9 Å². The second kappa shape index (κ2) is 33.5. The Kier molecular flexibility index (Phi) is 29.9. The molecule has 2 N–H and O–H groups in total. The van der Waals surface area contributed by atoms with Crippen molar-refractivity contribution in [2.24, 2.45) is 0 Å². The molecular formula is C48H84O4Si. The third-order valence-electron chi connectivity index (χ3n) is 11.0. The molecule has 4 nitrogen and oxygen atoms in total. The zero-order valence-corrected chi connectivity index (χ0v) is 35.9. The van der Waals surface area contributed by atoms with Crippen LogP contribution in [0.5, 0.6) is 11.5 Å². The molecule has 0 bridgehead atoms. The Labute approximate surface area is 329 Å². The van der Waals surface area contributed by atoms with Gasteiger partial charge in [0, 0.05) is 0 Å². The lowest BCUT2D eigenvalue weighted by Gasteiger charge is -2.19. The molecule has 0 aliphatic carbocycles. The van der Waals surface area contributed by atoms with Crippen LogP contribution in [0.15, 0.2) is 48.5 Å². The quantitative estimate of drug-likeness (QED) is 0.0530. The third-order valence-corrected chi connectivity index (χ3v) is 13.3. The molecule has 2 aromatic carbocycles. The highest BCUT2D eigenvalue weighted by Gasteiger charge is 2.34. The van der Waals surface area contributed by atoms with Crippen molar-refractivity contribution in [1.29, 1.82) is 0 Å². The Hall–Kier alpha value is -1.82. The predicted octanol–water partition coefficient (Wildman–Crippen LogP) is 13.5. The normalized spacial score (nSPS) is 11.7. The number of hydrogen-bond acceptors (Lipinski definition) is 4. The zero-order valence-electron chi connectivity index (χ0n) is 34.9. The second-order valence-corrected chi connectivity index (χ2v) is 18.5. The minimum absolute atomic E-state index is 0.564. The summed E-state index contributed by atoms with van der Waals surface area (Å²) in [4.78, 5) is 22.2. The molecule has 0 saturated carbocycles. The van der Waals surface area contributed by atoms with Gasteiger partial charge in [-0.3, -0.25) is 0 Å². The van der Waals surface area contributed by atoms with E-state index < -0.39 is 8.56 Å². The average molecular weight is 753 g/mol. The van der Waals surface area contributed by atoms with E-state index in [1.165, 1.54) is 193 Å². The van der Waals surface area contributed by atoms with Crippen LogP contribution in [0.25, 0.3) is 0 Å². The third kappa shape index (κ3) is 25.1. The van der Waals surface area contributed by atoms with Crippen LogP contribution in [0.1, 0.15) is 219 Å². The van der Waals surface area contributed by atoms with Crippen LogP contribution in [0.3, 0.4) is 0 Å². The number of hydrogen-bond donors (Lipinski definition) is 2. The van der Waals surface area contributed by atoms with E-state index in [1.54, 1.807) is 24.3 Å². The lowest BCUT2D eigenvalue weighted by Crippen LogP contribution is -2.59. The first-order valence-corrected chi connectivity index (χ1v) is 24.9. The van der Waals surface area contributed by atoms with Gasteiger partial charge in [-0.2, -0.15) is 0 Å². The molecule has 2 aromatic rings. The van der Waals surface area contributed by atoms with Crippen LogP contribution in [0.4, 0.5) is 0 Å². The Morgan fingerprint density at radius 2 is 0.528 bits per heavy atom. The molecule has 0 aliphatic heterocycles. The Bertz CT molecular complexity index is 971. The van der Waals surface area contributed by atoms with Gasteiger partial charge in [0.2, 0.25) is 0 Å². The Morgan fingerprint density at radius 1 is 0.321 bits per heavy atom. The predicted molar refractivity (Wildman–Crippen MR) is 232 cm³/mol. The number of benzene rings is 2. The first-order chi connectivity index (χ1) is 26.1. The zero-order chi connectivity index (χ0) is 37.9. The van der Waals surface area contributed by atoms with Gasteiger partial charge in [-0.1, -0.05) is 231 Å². The first kappa shape index (κ1) is 47.3. The van der Waals surface area contributed by atoms with Crippen LogP contribution in [0, 0.1) is 0 Å². The molecule has 304 valence electrons. The van der Waals surface area contributed by atoms with Gasteiger partial charge < -0.3 is 19.1 Å². The highest BCUT2D eigenvalue weighted by Crippen LogP contribution is 2.17. The molecule has 0 amide bonds. The smallest absolute Gasteiger partial charge is 0.401 e. The molecule has 0 saturated heterocycles. The number of rotatable bonds is 38. The van der Waals surface area contributed by atoms with E-state index in [2.05, 4.69) is 13.8 Å². The van der Waals surface area contributed by atoms with E-state index in [0.29, 0.717) is 23.6 Å². The van der Waals surface area contributed by atoms with Crippen LogP contribution in [0.2, 0.25) is 0 Å². The largest absolute Gasteiger partial charge is 0.494 e. The molecule has 0 aromatic heterocycles. The van der Waals surface area contributed by atoms with Gasteiger partial charge in [-0.15, -0.1) is 0 Å². The summed E-state index contributed by atoms with van der Waals surface area (Å²) >= 11 is 0. The highest BCUT2D eigenvalue weighted by atomic mass is 28.4. The lowest BCUT2D eigenvalue weighted by atomic mass is 10.0. The van der Waals surface area contributed by atoms with Crippen LogP contribution >= 0.6 is 0 Å². The van der Waals surface area contributed by atoms with Crippen molar-refractivity contribution in [2.75, 3.05) is 13.2 Å². The summed E-state index contributed by atoms with van der Waals surface area (Å²) in [5, 5.41) is 1.13. The fourth-order valence-corrected chi connectivity index (χ4v) is 9.01. The standard InChI is InChI=1S/C48H84O4Si/c1-3-5-7-9-11-13-15-17-19-21-23-25-27-29-31-33-43-51-45-35-39-47(40-36-45)53(49,50)48-41-37-46(38-42-48)52-44-34-32-30-28-26-24-22-20-18-16-14-12-10-8-6-4-2/h35-42,49-50H,3-34,43-44H2,1-2H3. The van der Waals surface area contributed by atoms with Crippen molar-refractivity contribution in [1.82, 2.24) is 0 Å². The molecule has 0 aliphatic rings. The lowest BCUT2D eigenvalue weighted by molar-refractivity contribution is 0.304. The van der Waals surface area contributed by atoms with Gasteiger partial charge in [0.1, 0.15) is 11.5 Å². The Morgan fingerprint density at radius 3 is 0.755 bits per heavy atom. The fourth-order valence-electron chi connectivity index (χ4n) is 7.41. The van der Waals surface area contributed by atoms with E-state index in [9.17, 15) is 9.59 Å². The topological polar surface area (TPSA) is 58.9 Å². The van der Waals surface area contributed by atoms with Crippen molar-refractivity contribution in [3.8, 4) is 11.5 Å². The molecule has 0 fully saturated rings. The number of ether oxygens (including phenoxy) is 2. The fraction of sp³-hybridized carbons (Fsp3) is 0.750. The molecule has 0 atom stereocenters. The molecule has 0 unspecified atom stereocenters. The van der Waals surface area contributed by atoms with Gasteiger partial charge in [0.25, 0.3) is 0 Å². The van der Waals surface area contributed by atoms with Crippen molar-refractivity contribution in [3.05, 3.63) is 48.5 Å². The van der Waals surface area contributed by atoms with Crippen molar-refractivity contribution < 1.29 is 19.1 Å². The molecule has 0 radical (unpaired) electrons. The van der Waals surface area contributed by atoms with Crippen LogP contribution in [-0.2, 0) is 0 Å². The summed E-state index contributed by atoms with van der Waals surface area (Å²) in [6, 6.07) is 14.7. The maximum Gasteiger partial charge on any atom is 0.401 e. The van der Waals surface area contributed by atoms with Crippen molar-refractivity contribution in [3.63, 3.8) is 0 Å². The summed E-state index contributed by atoms with van der Waals surface area (Å²) in [7, 11) is -3.77. The van der Waals surface area contributed by atoms with Crippen molar-refractivity contribution in [2.45, 2.75) is 219 Å². The molecular weight excluding hydrogens is 669 g/mol. The van der Waals surface area contributed by atoms with E-state index in [4.69, 9.17) is 9.47 Å². The van der Waals surface area contributed by atoms with E-state index >= 15 is 0 Å². The summed E-state index contributed by atoms with van der Waals surface area (Å²) < 4.78 is 11.9. The monoisotopic (exact) mass is 753 g/mol. The van der Waals surface area contributed by atoms with E-state index in [0.717, 1.165) is 24.3 Å². The van der Waals surface area contributed by atoms with Gasteiger partial charge in [0.15, 0.2) is 0 Å². The SMILES string of the molecule is CCCCCCCCCCCCCCCCCCOc1ccc([Si](O)(O)c2ccc(OCCCCCCCCCCCCCCCCCC)cc2)cc1. The summed E-state index contributed by atoms with van der Waals surface area (Å²) in [5.74, 6) is 1.58. The molecule has 53 heavy (non-hydrogen) atoms. The molecule has 2 rings (SSSR count). The summed E-state index contributed by atoms with van der Waals surface area (Å²) in [6.45, 7) is 5.99. The second-order valence-electron chi connectivity index (χ2n) is 16.0. The maximum absolute atomic E-state index is 11.1. The minimum atomic E-state index is -3.77. The van der Waals surface area contributed by atoms with Crippen LogP contribution < -0.4 is 19.8 Å². The van der Waals surface area contributed by atoms with Gasteiger partial charge in [-0.25, -0.2) is 0 Å². The first-order valence-electron chi connectivity index (χ1n) is 23.0. The van der Waals surface area contributed by atoms with Gasteiger partial charge >= 0.3 is 8.56 Å².